The maximum absolute atomic E-state index is 13.7. The van der Waals surface area contributed by atoms with E-state index in [1.165, 1.54) is 52.4 Å². The van der Waals surface area contributed by atoms with E-state index >= 15 is 0 Å². The Balaban J connectivity index is 2.50. The highest BCUT2D eigenvalue weighted by Crippen LogP contribution is 2.43. The van der Waals surface area contributed by atoms with Gasteiger partial charge in [0.05, 0.1) is 11.3 Å². The Labute approximate surface area is 195 Å². The highest BCUT2D eigenvalue weighted by atomic mass is 32.2. The van der Waals surface area contributed by atoms with Gasteiger partial charge in [-0.25, -0.2) is 4.98 Å². The number of carbonyl (C=O) groups is 1. The fourth-order valence-corrected chi connectivity index (χ4v) is 3.61. The van der Waals surface area contributed by atoms with Gasteiger partial charge in [-0.05, 0) is 17.9 Å². The molecular weight excluding hydrogens is 489 g/mol. The first-order chi connectivity index (χ1) is 15.9. The number of ether oxygens (including phenoxy) is 3. The molecule has 0 saturated heterocycles. The van der Waals surface area contributed by atoms with E-state index in [2.05, 4.69) is 25.8 Å². The molecule has 0 saturated carbocycles. The number of pyridine rings is 1. The molecule has 34 heavy (non-hydrogen) atoms. The lowest BCUT2D eigenvalue weighted by molar-refractivity contribution is -0.364. The molecule has 0 aromatic carbocycles. The summed E-state index contributed by atoms with van der Waals surface area (Å²) < 4.78 is 81.6. The number of nitrogens with one attached hydrogen (secondary N) is 2. The smallest absolute Gasteiger partial charge is 0.370 e. The Morgan fingerprint density at radius 3 is 2.18 bits per heavy atom. The van der Waals surface area contributed by atoms with Crippen LogP contribution in [-0.4, -0.2) is 61.4 Å². The molecule has 9 nitrogen and oxygen atoms in total. The number of methoxy groups -OCH3 is 3. The predicted octanol–water partition coefficient (Wildman–Crippen LogP) is 3.98. The van der Waals surface area contributed by atoms with E-state index in [4.69, 9.17) is 14.2 Å². The predicted molar refractivity (Wildman–Crippen MR) is 113 cm³/mol. The molecule has 2 rings (SSSR count). The summed E-state index contributed by atoms with van der Waals surface area (Å²) in [7, 11) is 5.34. The highest BCUT2D eigenvalue weighted by Gasteiger charge is 2.60. The summed E-state index contributed by atoms with van der Waals surface area (Å²) in [5.41, 5.74) is -1.93. The van der Waals surface area contributed by atoms with E-state index in [9.17, 15) is 26.7 Å². The highest BCUT2D eigenvalue weighted by molar-refractivity contribution is 7.99. The normalized spacial score (nSPS) is 12.5. The van der Waals surface area contributed by atoms with Gasteiger partial charge in [-0.15, -0.1) is 22.0 Å². The summed E-state index contributed by atoms with van der Waals surface area (Å²) in [6.07, 6.45) is -4.65. The largest absolute Gasteiger partial charge is 0.459 e. The van der Waals surface area contributed by atoms with Gasteiger partial charge in [0.2, 0.25) is 0 Å². The maximum Gasteiger partial charge on any atom is 0.459 e. The zero-order valence-corrected chi connectivity index (χ0v) is 19.5. The number of nitrogens with zero attached hydrogens (tertiary/aromatic N) is 3. The first kappa shape index (κ1) is 27.6. The van der Waals surface area contributed by atoms with E-state index < -0.39 is 35.4 Å². The van der Waals surface area contributed by atoms with E-state index in [0.29, 0.717) is 22.3 Å². The van der Waals surface area contributed by atoms with Crippen molar-refractivity contribution in [2.45, 2.75) is 29.9 Å². The van der Waals surface area contributed by atoms with Crippen LogP contribution in [0.25, 0.3) is 0 Å². The van der Waals surface area contributed by atoms with E-state index in [1.807, 2.05) is 6.92 Å². The van der Waals surface area contributed by atoms with E-state index in [1.54, 1.807) is 0 Å². The molecule has 0 aliphatic carbocycles. The van der Waals surface area contributed by atoms with E-state index in [-0.39, 0.29) is 11.5 Å². The molecule has 2 aromatic rings. The third-order valence-corrected chi connectivity index (χ3v) is 5.39. The van der Waals surface area contributed by atoms with Crippen LogP contribution in [0.5, 0.6) is 0 Å². The third kappa shape index (κ3) is 5.37. The van der Waals surface area contributed by atoms with Crippen LogP contribution in [0.15, 0.2) is 23.2 Å². The van der Waals surface area contributed by atoms with Crippen molar-refractivity contribution in [1.29, 1.82) is 0 Å². The summed E-state index contributed by atoms with van der Waals surface area (Å²) in [6.45, 7) is 1.81. The lowest BCUT2D eigenvalue weighted by Gasteiger charge is -2.29. The molecule has 0 aliphatic heterocycles. The van der Waals surface area contributed by atoms with Crippen LogP contribution in [0.2, 0.25) is 0 Å². The van der Waals surface area contributed by atoms with Gasteiger partial charge in [-0.1, -0.05) is 6.92 Å². The van der Waals surface area contributed by atoms with Gasteiger partial charge in [0.1, 0.15) is 11.4 Å². The number of aromatic nitrogens is 3. The SMILES string of the molecule is CCSc1cc(C(OC)(OC)OC)cnc1C(=O)Nc1cc(C(F)(F)C(F)(F)F)nnc1NC. The first-order valence-corrected chi connectivity index (χ1v) is 10.5. The van der Waals surface area contributed by atoms with Gasteiger partial charge >= 0.3 is 18.1 Å². The maximum atomic E-state index is 13.7. The van der Waals surface area contributed by atoms with Crippen LogP contribution in [-0.2, 0) is 26.1 Å². The number of carbonyl (C=O) groups excluding carboxylic acids is 1. The van der Waals surface area contributed by atoms with Crippen molar-refractivity contribution in [1.82, 2.24) is 15.2 Å². The Morgan fingerprint density at radius 1 is 1.06 bits per heavy atom. The molecule has 2 heterocycles. The molecule has 0 radical (unpaired) electrons. The fourth-order valence-electron chi connectivity index (χ4n) is 2.80. The lowest BCUT2D eigenvalue weighted by Crippen LogP contribution is -2.35. The van der Waals surface area contributed by atoms with Crippen molar-refractivity contribution in [3.63, 3.8) is 0 Å². The summed E-state index contributed by atoms with van der Waals surface area (Å²) in [6, 6.07) is 1.93. The Kier molecular flexibility index (Phi) is 8.74. The Bertz CT molecular complexity index is 1010. The number of hydrogen-bond donors (Lipinski definition) is 2. The minimum Gasteiger partial charge on any atom is -0.370 e. The lowest BCUT2D eigenvalue weighted by atomic mass is 10.2. The molecule has 2 aromatic heterocycles. The van der Waals surface area contributed by atoms with Crippen molar-refractivity contribution in [3.05, 3.63) is 35.3 Å². The van der Waals surface area contributed by atoms with Crippen LogP contribution in [0.1, 0.15) is 28.7 Å². The molecule has 2 N–H and O–H groups in total. The number of hydrogen-bond acceptors (Lipinski definition) is 9. The topological polar surface area (TPSA) is 107 Å². The van der Waals surface area contributed by atoms with Crippen LogP contribution in [0, 0.1) is 0 Å². The van der Waals surface area contributed by atoms with Gasteiger partial charge in [0.15, 0.2) is 5.82 Å². The summed E-state index contributed by atoms with van der Waals surface area (Å²) in [5.74, 6) is -7.47. The molecule has 0 unspecified atom stereocenters. The quantitative estimate of drug-likeness (QED) is 0.278. The Morgan fingerprint density at radius 2 is 1.68 bits per heavy atom. The van der Waals surface area contributed by atoms with Gasteiger partial charge in [0.25, 0.3) is 5.91 Å². The average Bonchev–Trinajstić information content (AvgIpc) is 2.80. The third-order valence-electron chi connectivity index (χ3n) is 4.48. The minimum absolute atomic E-state index is 0.129. The van der Waals surface area contributed by atoms with E-state index in [0.717, 1.165) is 0 Å². The van der Waals surface area contributed by atoms with Crippen molar-refractivity contribution in [2.24, 2.45) is 0 Å². The monoisotopic (exact) mass is 511 g/mol. The molecule has 15 heteroatoms. The number of amides is 1. The van der Waals surface area contributed by atoms with Gasteiger partial charge in [-0.3, -0.25) is 4.79 Å². The second-order valence-corrected chi connectivity index (χ2v) is 7.75. The van der Waals surface area contributed by atoms with Gasteiger partial charge in [0, 0.05) is 39.5 Å². The van der Waals surface area contributed by atoms with Gasteiger partial charge < -0.3 is 24.8 Å². The summed E-state index contributed by atoms with van der Waals surface area (Å²) >= 11 is 1.22. The molecular formula is C19H22F5N5O4S. The average molecular weight is 511 g/mol. The second-order valence-electron chi connectivity index (χ2n) is 6.44. The first-order valence-electron chi connectivity index (χ1n) is 9.51. The van der Waals surface area contributed by atoms with Crippen molar-refractivity contribution in [3.8, 4) is 0 Å². The summed E-state index contributed by atoms with van der Waals surface area (Å²) in [5, 5.41) is 11.0. The van der Waals surface area contributed by atoms with Crippen LogP contribution in [0.3, 0.4) is 0 Å². The van der Waals surface area contributed by atoms with Crippen LogP contribution >= 0.6 is 11.8 Å². The number of thioether (sulfide) groups is 1. The Hall–Kier alpha value is -2.62. The standard InChI is InChI=1S/C19H22F5N5O4S/c1-6-34-12-7-10(18(31-3,32-4)33-5)9-26-14(12)16(30)27-11-8-13(28-29-15(11)25-2)17(20,21)19(22,23)24/h7-9H,6H2,1-5H3,(H,25,29)(H,27,28,30). The van der Waals surface area contributed by atoms with Crippen LogP contribution in [0.4, 0.5) is 33.5 Å². The summed E-state index contributed by atoms with van der Waals surface area (Å²) in [4.78, 5) is 17.4. The molecule has 0 atom stereocenters. The molecule has 0 bridgehead atoms. The van der Waals surface area contributed by atoms with Crippen LogP contribution < -0.4 is 10.6 Å². The zero-order valence-electron chi connectivity index (χ0n) is 18.7. The molecule has 0 aliphatic rings. The molecule has 0 spiro atoms. The zero-order chi connectivity index (χ0) is 25.7. The molecule has 0 fully saturated rings. The minimum atomic E-state index is -5.90. The van der Waals surface area contributed by atoms with Gasteiger partial charge in [-0.2, -0.15) is 22.0 Å². The number of alkyl halides is 5. The molecule has 188 valence electrons. The van der Waals surface area contributed by atoms with Crippen molar-refractivity contribution in [2.75, 3.05) is 44.8 Å². The number of rotatable bonds is 10. The van der Waals surface area contributed by atoms with Crippen molar-refractivity contribution < 1.29 is 41.0 Å². The second kappa shape index (κ2) is 10.8. The number of halogens is 5. The molecule has 1 amide bonds. The number of anilines is 2. The fraction of sp³-hybridized carbons (Fsp3) is 0.474. The van der Waals surface area contributed by atoms with Crippen molar-refractivity contribution >= 4 is 29.2 Å².